The second-order valence-corrected chi connectivity index (χ2v) is 4.93. The van der Waals surface area contributed by atoms with E-state index >= 15 is 0 Å². The highest BCUT2D eigenvalue weighted by atomic mass is 16.5. The summed E-state index contributed by atoms with van der Waals surface area (Å²) in [5.74, 6) is -1.97. The number of aliphatic hydroxyl groups is 1. The minimum absolute atomic E-state index is 0.284. The van der Waals surface area contributed by atoms with Crippen molar-refractivity contribution in [3.05, 3.63) is 37.1 Å². The average molecular weight is 372 g/mol. The van der Waals surface area contributed by atoms with Crippen LogP contribution in [0, 0.1) is 0 Å². The van der Waals surface area contributed by atoms with Crippen LogP contribution in [0.1, 0.15) is 46.5 Å². The molecule has 0 bridgehead atoms. The van der Waals surface area contributed by atoms with E-state index in [1.54, 1.807) is 6.92 Å². The first-order chi connectivity index (χ1) is 12.2. The second kappa shape index (κ2) is 20.5. The molecule has 0 radical (unpaired) electrons. The third kappa shape index (κ3) is 23.7. The third-order valence-corrected chi connectivity index (χ3v) is 2.41. The Bertz CT molecular complexity index is 453. The number of ether oxygens (including phenoxy) is 3. The summed E-state index contributed by atoms with van der Waals surface area (Å²) in [5.41, 5.74) is 0.469. The van der Waals surface area contributed by atoms with Crippen molar-refractivity contribution in [3.63, 3.8) is 0 Å². The fraction of sp³-hybridized carbons (Fsp3) is 0.526. The number of carbonyl (C=O) groups is 3. The molecular formula is C19H32O7. The maximum Gasteiger partial charge on any atom is 0.372 e. The molecule has 0 unspecified atom stereocenters. The molecule has 0 aromatic rings. The minimum atomic E-state index is -0.792. The van der Waals surface area contributed by atoms with Gasteiger partial charge in [-0.05, 0) is 26.3 Å². The Morgan fingerprint density at radius 3 is 1.69 bits per heavy atom. The van der Waals surface area contributed by atoms with Gasteiger partial charge < -0.3 is 19.3 Å². The molecule has 0 spiro atoms. The van der Waals surface area contributed by atoms with Gasteiger partial charge in [0.2, 0.25) is 0 Å². The molecule has 0 saturated heterocycles. The zero-order chi connectivity index (χ0) is 21.0. The Morgan fingerprint density at radius 1 is 0.962 bits per heavy atom. The van der Waals surface area contributed by atoms with E-state index in [9.17, 15) is 14.4 Å². The quantitative estimate of drug-likeness (QED) is 0.217. The number of hydrogen-bond acceptors (Lipinski definition) is 7. The highest BCUT2D eigenvalue weighted by Gasteiger charge is 2.00. The topological polar surface area (TPSA) is 99.1 Å². The average Bonchev–Trinajstić information content (AvgIpc) is 2.62. The van der Waals surface area contributed by atoms with Crippen LogP contribution >= 0.6 is 0 Å². The smallest absolute Gasteiger partial charge is 0.372 e. The molecule has 0 aliphatic carbocycles. The van der Waals surface area contributed by atoms with Crippen LogP contribution in [0.25, 0.3) is 0 Å². The van der Waals surface area contributed by atoms with Gasteiger partial charge in [-0.1, -0.05) is 39.8 Å². The lowest BCUT2D eigenvalue weighted by Gasteiger charge is -2.01. The fourth-order valence-electron chi connectivity index (χ4n) is 0.926. The first-order valence-corrected chi connectivity index (χ1v) is 8.25. The lowest BCUT2D eigenvalue weighted by molar-refractivity contribution is -0.139. The van der Waals surface area contributed by atoms with Gasteiger partial charge in [-0.25, -0.2) is 14.4 Å². The summed E-state index contributed by atoms with van der Waals surface area (Å²) in [6, 6.07) is 0. The predicted octanol–water partition coefficient (Wildman–Crippen LogP) is 3.65. The van der Waals surface area contributed by atoms with Crippen molar-refractivity contribution in [2.75, 3.05) is 20.3 Å². The number of unbranched alkanes of at least 4 members (excludes halogenated alkanes) is 2. The van der Waals surface area contributed by atoms with Gasteiger partial charge in [-0.15, -0.1) is 0 Å². The SMILES string of the molecule is C=C(C)C(=O)OCCCC.C=C(O)C(=O)OC.C=CC(=O)OCCCC. The Balaban J connectivity index is -0.000000310. The van der Waals surface area contributed by atoms with Crippen LogP contribution in [0.3, 0.4) is 0 Å². The van der Waals surface area contributed by atoms with Crippen molar-refractivity contribution < 1.29 is 33.7 Å². The summed E-state index contributed by atoms with van der Waals surface area (Å²) < 4.78 is 13.5. The molecule has 26 heavy (non-hydrogen) atoms. The van der Waals surface area contributed by atoms with E-state index in [0.717, 1.165) is 25.7 Å². The predicted molar refractivity (Wildman–Crippen MR) is 101 cm³/mol. The molecule has 1 N–H and O–H groups in total. The van der Waals surface area contributed by atoms with E-state index in [-0.39, 0.29) is 11.9 Å². The van der Waals surface area contributed by atoms with Crippen molar-refractivity contribution in [2.45, 2.75) is 46.5 Å². The molecule has 0 amide bonds. The summed E-state index contributed by atoms with van der Waals surface area (Å²) in [6.45, 7) is 16.4. The molecule has 150 valence electrons. The van der Waals surface area contributed by atoms with Crippen LogP contribution in [-0.2, 0) is 28.6 Å². The van der Waals surface area contributed by atoms with E-state index in [0.29, 0.717) is 18.8 Å². The Labute approximate surface area is 156 Å². The van der Waals surface area contributed by atoms with Gasteiger partial charge in [0.15, 0.2) is 5.76 Å². The molecule has 7 heteroatoms. The Morgan fingerprint density at radius 2 is 1.42 bits per heavy atom. The standard InChI is InChI=1S/C8H14O2.C7H12O2.C4H6O3/c1-4-5-6-10-8(9)7(2)3;1-3-5-6-9-7(8)4-2;1-3(5)4(6)7-2/h2,4-6H2,1,3H3;4H,2-3,5-6H2,1H3;5H,1H2,2H3. The summed E-state index contributed by atoms with van der Waals surface area (Å²) >= 11 is 0. The molecule has 0 fully saturated rings. The fourth-order valence-corrected chi connectivity index (χ4v) is 0.926. The van der Waals surface area contributed by atoms with E-state index in [2.05, 4.69) is 36.1 Å². The molecule has 0 heterocycles. The highest BCUT2D eigenvalue weighted by molar-refractivity contribution is 5.86. The largest absolute Gasteiger partial charge is 0.502 e. The van der Waals surface area contributed by atoms with Crippen molar-refractivity contribution in [2.24, 2.45) is 0 Å². The zero-order valence-electron chi connectivity index (χ0n) is 16.3. The third-order valence-electron chi connectivity index (χ3n) is 2.41. The van der Waals surface area contributed by atoms with Crippen molar-refractivity contribution in [1.29, 1.82) is 0 Å². The van der Waals surface area contributed by atoms with Crippen LogP contribution in [0.5, 0.6) is 0 Å². The van der Waals surface area contributed by atoms with E-state index in [4.69, 9.17) is 9.84 Å². The number of rotatable bonds is 9. The minimum Gasteiger partial charge on any atom is -0.502 e. The molecule has 0 saturated carbocycles. The van der Waals surface area contributed by atoms with Gasteiger partial charge in [-0.3, -0.25) is 0 Å². The first kappa shape index (κ1) is 28.2. The van der Waals surface area contributed by atoms with Gasteiger partial charge >= 0.3 is 17.9 Å². The van der Waals surface area contributed by atoms with E-state index in [1.807, 2.05) is 6.92 Å². The van der Waals surface area contributed by atoms with E-state index < -0.39 is 11.7 Å². The lowest BCUT2D eigenvalue weighted by atomic mass is 10.3. The van der Waals surface area contributed by atoms with Gasteiger partial charge in [0.05, 0.1) is 20.3 Å². The summed E-state index contributed by atoms with van der Waals surface area (Å²) in [4.78, 5) is 31.0. The van der Waals surface area contributed by atoms with Crippen molar-refractivity contribution in [3.8, 4) is 0 Å². The number of carbonyl (C=O) groups excluding carboxylic acids is 3. The number of esters is 3. The molecule has 0 aliphatic rings. The maximum absolute atomic E-state index is 10.7. The first-order valence-electron chi connectivity index (χ1n) is 8.25. The van der Waals surface area contributed by atoms with Gasteiger partial charge in [0.25, 0.3) is 0 Å². The number of aliphatic hydroxyl groups excluding tert-OH is 1. The van der Waals surface area contributed by atoms with Crippen molar-refractivity contribution in [1.82, 2.24) is 0 Å². The molecule has 0 atom stereocenters. The molecule has 0 rings (SSSR count). The van der Waals surface area contributed by atoms with Crippen molar-refractivity contribution >= 4 is 17.9 Å². The molecule has 7 nitrogen and oxygen atoms in total. The van der Waals surface area contributed by atoms with Crippen LogP contribution < -0.4 is 0 Å². The van der Waals surface area contributed by atoms with Gasteiger partial charge in [0, 0.05) is 11.6 Å². The molecule has 0 aliphatic heterocycles. The molecule has 0 aromatic heterocycles. The monoisotopic (exact) mass is 372 g/mol. The summed E-state index contributed by atoms with van der Waals surface area (Å²) in [7, 11) is 1.17. The van der Waals surface area contributed by atoms with Gasteiger partial charge in [-0.2, -0.15) is 0 Å². The van der Waals surface area contributed by atoms with Crippen LogP contribution in [0.2, 0.25) is 0 Å². The highest BCUT2D eigenvalue weighted by Crippen LogP contribution is 1.94. The van der Waals surface area contributed by atoms with Crippen LogP contribution in [0.4, 0.5) is 0 Å². The lowest BCUT2D eigenvalue weighted by Crippen LogP contribution is -2.05. The Kier molecular flexibility index (Phi) is 22.2. The van der Waals surface area contributed by atoms with E-state index in [1.165, 1.54) is 13.2 Å². The Hall–Kier alpha value is -2.57. The molecule has 0 aromatic carbocycles. The number of methoxy groups -OCH3 is 1. The summed E-state index contributed by atoms with van der Waals surface area (Å²) in [6.07, 6.45) is 5.13. The normalized spacial score (nSPS) is 8.46. The molecular weight excluding hydrogens is 340 g/mol. The summed E-state index contributed by atoms with van der Waals surface area (Å²) in [5, 5.41) is 8.15. The van der Waals surface area contributed by atoms with Crippen LogP contribution in [0.15, 0.2) is 37.1 Å². The van der Waals surface area contributed by atoms with Gasteiger partial charge in [0.1, 0.15) is 0 Å². The maximum atomic E-state index is 10.7. The zero-order valence-corrected chi connectivity index (χ0v) is 16.3. The second-order valence-electron chi connectivity index (χ2n) is 4.93. The van der Waals surface area contributed by atoms with Crippen LogP contribution in [-0.4, -0.2) is 43.3 Å². The number of hydrogen-bond donors (Lipinski definition) is 1.